The van der Waals surface area contributed by atoms with Gasteiger partial charge in [0.05, 0.1) is 13.2 Å². The number of rotatable bonds is 5. The van der Waals surface area contributed by atoms with Crippen molar-refractivity contribution in [2.75, 3.05) is 19.8 Å². The highest BCUT2D eigenvalue weighted by molar-refractivity contribution is 7.10. The van der Waals surface area contributed by atoms with E-state index in [1.807, 2.05) is 11.4 Å². The minimum atomic E-state index is -1.39. The molecule has 0 saturated heterocycles. The van der Waals surface area contributed by atoms with E-state index in [2.05, 4.69) is 0 Å². The van der Waals surface area contributed by atoms with E-state index in [-0.39, 0.29) is 5.91 Å². The van der Waals surface area contributed by atoms with Crippen LogP contribution in [0.4, 0.5) is 0 Å². The van der Waals surface area contributed by atoms with E-state index in [1.54, 1.807) is 16.2 Å². The number of hydrogen-bond donors (Lipinski definition) is 2. The molecule has 0 unspecified atom stereocenters. The van der Waals surface area contributed by atoms with Crippen molar-refractivity contribution in [3.05, 3.63) is 21.9 Å². The van der Waals surface area contributed by atoms with Gasteiger partial charge in [-0.2, -0.15) is 0 Å². The summed E-state index contributed by atoms with van der Waals surface area (Å²) in [6, 6.07) is 2.00. The minimum Gasteiger partial charge on any atom is -0.452 e. The summed E-state index contributed by atoms with van der Waals surface area (Å²) in [5.74, 6) is -1.03. The Kier molecular flexibility index (Phi) is 5.20. The van der Waals surface area contributed by atoms with Gasteiger partial charge in [0, 0.05) is 18.0 Å². The zero-order valence-corrected chi connectivity index (χ0v) is 13.6. The number of carbonyl (C=O) groups excluding carboxylic acids is 2. The standard InChI is InChI=1S/C15H21NO5S/c1-10(21-14(20)15(2,8-17)9-18)13(19)16-5-3-12-11(7-16)4-6-22-12/h4,6,10,17-18H,3,5,7-9H2,1-2H3/t10-/m0/s1. The lowest BCUT2D eigenvalue weighted by molar-refractivity contribution is -0.171. The molecule has 1 aromatic heterocycles. The van der Waals surface area contributed by atoms with E-state index >= 15 is 0 Å². The van der Waals surface area contributed by atoms with Gasteiger partial charge in [-0.15, -0.1) is 11.3 Å². The van der Waals surface area contributed by atoms with Gasteiger partial charge in [-0.05, 0) is 37.3 Å². The van der Waals surface area contributed by atoms with Crippen molar-refractivity contribution in [1.29, 1.82) is 0 Å². The van der Waals surface area contributed by atoms with Crippen molar-refractivity contribution in [1.82, 2.24) is 4.90 Å². The summed E-state index contributed by atoms with van der Waals surface area (Å²) >= 11 is 1.69. The van der Waals surface area contributed by atoms with Crippen LogP contribution < -0.4 is 0 Å². The van der Waals surface area contributed by atoms with Crippen LogP contribution in [-0.4, -0.2) is 52.9 Å². The Hall–Kier alpha value is -1.44. The quantitative estimate of drug-likeness (QED) is 0.772. The summed E-state index contributed by atoms with van der Waals surface area (Å²) in [7, 11) is 0. The highest BCUT2D eigenvalue weighted by Gasteiger charge is 2.37. The predicted octanol–water partition coefficient (Wildman–Crippen LogP) is 0.555. The van der Waals surface area contributed by atoms with Gasteiger partial charge in [-0.25, -0.2) is 0 Å². The molecule has 1 aliphatic rings. The topological polar surface area (TPSA) is 87.1 Å². The lowest BCUT2D eigenvalue weighted by Crippen LogP contribution is -2.45. The maximum Gasteiger partial charge on any atom is 0.317 e. The molecule has 1 amide bonds. The van der Waals surface area contributed by atoms with Crippen LogP contribution in [0.15, 0.2) is 11.4 Å². The summed E-state index contributed by atoms with van der Waals surface area (Å²) in [6.45, 7) is 2.96. The Morgan fingerprint density at radius 3 is 2.77 bits per heavy atom. The molecule has 0 spiro atoms. The fourth-order valence-electron chi connectivity index (χ4n) is 2.23. The van der Waals surface area contributed by atoms with Crippen LogP contribution >= 0.6 is 11.3 Å². The Bertz CT molecular complexity index is 552. The van der Waals surface area contributed by atoms with Gasteiger partial charge < -0.3 is 19.8 Å². The summed E-state index contributed by atoms with van der Waals surface area (Å²) in [5.41, 5.74) is -0.254. The van der Waals surface area contributed by atoms with E-state index < -0.39 is 30.7 Å². The maximum absolute atomic E-state index is 12.4. The van der Waals surface area contributed by atoms with Crippen LogP contribution in [0.5, 0.6) is 0 Å². The van der Waals surface area contributed by atoms with E-state index in [4.69, 9.17) is 4.74 Å². The number of carbonyl (C=O) groups is 2. The third-order valence-electron chi connectivity index (χ3n) is 3.94. The zero-order chi connectivity index (χ0) is 16.3. The monoisotopic (exact) mass is 327 g/mol. The van der Waals surface area contributed by atoms with Gasteiger partial charge in [0.25, 0.3) is 5.91 Å². The number of ether oxygens (including phenoxy) is 1. The number of amides is 1. The average Bonchev–Trinajstić information content (AvgIpc) is 3.00. The van der Waals surface area contributed by atoms with Crippen molar-refractivity contribution < 1.29 is 24.5 Å². The minimum absolute atomic E-state index is 0.261. The van der Waals surface area contributed by atoms with Gasteiger partial charge in [0.1, 0.15) is 5.41 Å². The Morgan fingerprint density at radius 2 is 2.14 bits per heavy atom. The van der Waals surface area contributed by atoms with Crippen LogP contribution in [0, 0.1) is 5.41 Å². The molecule has 1 aromatic rings. The molecular weight excluding hydrogens is 306 g/mol. The van der Waals surface area contributed by atoms with Crippen LogP contribution in [-0.2, 0) is 27.3 Å². The predicted molar refractivity (Wildman–Crippen MR) is 81.3 cm³/mol. The smallest absolute Gasteiger partial charge is 0.317 e. The summed E-state index contributed by atoms with van der Waals surface area (Å²) in [5, 5.41) is 20.4. The number of aliphatic hydroxyl groups is 2. The first-order valence-corrected chi connectivity index (χ1v) is 8.06. The number of thiophene rings is 1. The van der Waals surface area contributed by atoms with Crippen molar-refractivity contribution in [3.63, 3.8) is 0 Å². The Balaban J connectivity index is 1.97. The third-order valence-corrected chi connectivity index (χ3v) is 4.96. The van der Waals surface area contributed by atoms with Crippen molar-refractivity contribution in [2.24, 2.45) is 5.41 Å². The fraction of sp³-hybridized carbons (Fsp3) is 0.600. The molecule has 0 aliphatic carbocycles. The molecule has 0 fully saturated rings. The molecule has 0 radical (unpaired) electrons. The Morgan fingerprint density at radius 1 is 1.45 bits per heavy atom. The summed E-state index contributed by atoms with van der Waals surface area (Å²) < 4.78 is 5.13. The molecule has 22 heavy (non-hydrogen) atoms. The number of fused-ring (bicyclic) bond motifs is 1. The number of nitrogens with zero attached hydrogens (tertiary/aromatic N) is 1. The first-order chi connectivity index (χ1) is 10.4. The van der Waals surface area contributed by atoms with Gasteiger partial charge >= 0.3 is 5.97 Å². The third kappa shape index (κ3) is 3.31. The maximum atomic E-state index is 12.4. The molecule has 1 atom stereocenters. The number of aliphatic hydroxyl groups excluding tert-OH is 2. The lowest BCUT2D eigenvalue weighted by Gasteiger charge is -2.30. The van der Waals surface area contributed by atoms with Crippen molar-refractivity contribution in [2.45, 2.75) is 32.9 Å². The fourth-order valence-corrected chi connectivity index (χ4v) is 3.12. The molecular formula is C15H21NO5S. The molecule has 2 rings (SSSR count). The van der Waals surface area contributed by atoms with Crippen LogP contribution in [0.2, 0.25) is 0 Å². The van der Waals surface area contributed by atoms with Gasteiger partial charge in [0.2, 0.25) is 0 Å². The molecule has 7 heteroatoms. The first kappa shape index (κ1) is 16.9. The van der Waals surface area contributed by atoms with E-state index in [0.717, 1.165) is 12.0 Å². The molecule has 122 valence electrons. The number of hydrogen-bond acceptors (Lipinski definition) is 6. The van der Waals surface area contributed by atoms with Crippen molar-refractivity contribution in [3.8, 4) is 0 Å². The second kappa shape index (κ2) is 6.76. The van der Waals surface area contributed by atoms with E-state index in [0.29, 0.717) is 13.1 Å². The lowest BCUT2D eigenvalue weighted by atomic mass is 9.93. The van der Waals surface area contributed by atoms with E-state index in [9.17, 15) is 19.8 Å². The van der Waals surface area contributed by atoms with Gasteiger partial charge in [-0.3, -0.25) is 9.59 Å². The van der Waals surface area contributed by atoms with Gasteiger partial charge in [-0.1, -0.05) is 0 Å². The van der Waals surface area contributed by atoms with Crippen molar-refractivity contribution >= 4 is 23.2 Å². The molecule has 0 aromatic carbocycles. The highest BCUT2D eigenvalue weighted by Crippen LogP contribution is 2.25. The van der Waals surface area contributed by atoms with E-state index in [1.165, 1.54) is 18.7 Å². The Labute approximate surface area is 133 Å². The number of esters is 1. The summed E-state index contributed by atoms with van der Waals surface area (Å²) in [6.07, 6.45) is -0.130. The molecule has 6 nitrogen and oxygen atoms in total. The van der Waals surface area contributed by atoms with Crippen LogP contribution in [0.1, 0.15) is 24.3 Å². The highest BCUT2D eigenvalue weighted by atomic mass is 32.1. The van der Waals surface area contributed by atoms with Crippen LogP contribution in [0.25, 0.3) is 0 Å². The zero-order valence-electron chi connectivity index (χ0n) is 12.7. The molecule has 0 bridgehead atoms. The molecule has 2 N–H and O–H groups in total. The van der Waals surface area contributed by atoms with Crippen LogP contribution in [0.3, 0.4) is 0 Å². The molecule has 0 saturated carbocycles. The second-order valence-electron chi connectivity index (χ2n) is 5.80. The molecule has 1 aliphatic heterocycles. The largest absolute Gasteiger partial charge is 0.452 e. The first-order valence-electron chi connectivity index (χ1n) is 7.18. The second-order valence-corrected chi connectivity index (χ2v) is 6.80. The SMILES string of the molecule is C[C@H](OC(=O)C(C)(CO)CO)C(=O)N1CCc2sccc2C1. The van der Waals surface area contributed by atoms with Gasteiger partial charge in [0.15, 0.2) is 6.10 Å². The normalized spacial score (nSPS) is 16.1. The average molecular weight is 327 g/mol. The molecule has 2 heterocycles. The summed E-state index contributed by atoms with van der Waals surface area (Å²) in [4.78, 5) is 27.3.